The monoisotopic (exact) mass is 633 g/mol. The van der Waals surface area contributed by atoms with E-state index in [1.54, 1.807) is 0 Å². The van der Waals surface area contributed by atoms with Gasteiger partial charge in [-0.05, 0) is 103 Å². The number of aromatic nitrogens is 1. The lowest BCUT2D eigenvalue weighted by molar-refractivity contribution is 0.568. The van der Waals surface area contributed by atoms with Gasteiger partial charge in [0.2, 0.25) is 0 Å². The van der Waals surface area contributed by atoms with Crippen LogP contribution in [0.5, 0.6) is 0 Å². The van der Waals surface area contributed by atoms with Crippen LogP contribution < -0.4 is 0 Å². The van der Waals surface area contributed by atoms with Gasteiger partial charge in [-0.2, -0.15) is 0 Å². The zero-order valence-corrected chi connectivity index (χ0v) is 31.7. The van der Waals surface area contributed by atoms with Crippen LogP contribution in [0.15, 0.2) is 97.1 Å². The average molecular weight is 634 g/mol. The quantitative estimate of drug-likeness (QED) is 0.183. The van der Waals surface area contributed by atoms with Crippen LogP contribution in [0.3, 0.4) is 0 Å². The summed E-state index contributed by atoms with van der Waals surface area (Å²) in [5.74, 6) is 0. The third kappa shape index (κ3) is 6.13. The normalized spacial score (nSPS) is 13.1. The van der Waals surface area contributed by atoms with Gasteiger partial charge in [0.1, 0.15) is 0 Å². The molecular weight excluding hydrogens is 579 g/mol. The van der Waals surface area contributed by atoms with Crippen molar-refractivity contribution in [3.05, 3.63) is 125 Å². The fraction of sp³-hybridized carbons (Fsp3) is 0.362. The van der Waals surface area contributed by atoms with Gasteiger partial charge < -0.3 is 4.57 Å². The molecule has 48 heavy (non-hydrogen) atoms. The number of benzene rings is 5. The molecule has 0 aliphatic heterocycles. The van der Waals surface area contributed by atoms with Crippen molar-refractivity contribution in [1.29, 1.82) is 0 Å². The van der Waals surface area contributed by atoms with Crippen LogP contribution in [0, 0.1) is 6.92 Å². The molecule has 0 aliphatic rings. The Labute approximate surface area is 290 Å². The second kappa shape index (κ2) is 11.5. The summed E-state index contributed by atoms with van der Waals surface area (Å²) >= 11 is 0. The first-order valence-electron chi connectivity index (χ1n) is 17.7. The van der Waals surface area contributed by atoms with E-state index in [-0.39, 0.29) is 21.7 Å². The topological polar surface area (TPSA) is 4.93 Å². The second-order valence-electron chi connectivity index (χ2n) is 18.1. The maximum Gasteiger partial charge on any atom is 0.0547 e. The Balaban J connectivity index is 1.76. The first kappa shape index (κ1) is 33.8. The highest BCUT2D eigenvalue weighted by Gasteiger charge is 2.26. The predicted molar refractivity (Wildman–Crippen MR) is 211 cm³/mol. The van der Waals surface area contributed by atoms with E-state index in [2.05, 4.69) is 192 Å². The smallest absolute Gasteiger partial charge is 0.0547 e. The number of fused-ring (bicyclic) bond motifs is 3. The number of hydrogen-bond donors (Lipinski definition) is 0. The second-order valence-corrected chi connectivity index (χ2v) is 18.1. The summed E-state index contributed by atoms with van der Waals surface area (Å²) in [6, 6.07) is 37.1. The third-order valence-corrected chi connectivity index (χ3v) is 10.2. The minimum absolute atomic E-state index is 0.0237. The van der Waals surface area contributed by atoms with Gasteiger partial charge in [0, 0.05) is 16.5 Å². The summed E-state index contributed by atoms with van der Waals surface area (Å²) in [5.41, 5.74) is 15.8. The molecule has 0 atom stereocenters. The van der Waals surface area contributed by atoms with E-state index in [0.29, 0.717) is 0 Å². The zero-order valence-electron chi connectivity index (χ0n) is 31.7. The molecule has 0 saturated carbocycles. The Hall–Kier alpha value is -4.10. The van der Waals surface area contributed by atoms with Gasteiger partial charge in [-0.1, -0.05) is 156 Å². The van der Waals surface area contributed by atoms with Crippen molar-refractivity contribution in [2.24, 2.45) is 0 Å². The summed E-state index contributed by atoms with van der Waals surface area (Å²) in [4.78, 5) is 0. The van der Waals surface area contributed by atoms with Crippen molar-refractivity contribution < 1.29 is 0 Å². The molecule has 0 radical (unpaired) electrons. The van der Waals surface area contributed by atoms with Gasteiger partial charge in [0.05, 0.1) is 11.0 Å². The van der Waals surface area contributed by atoms with Gasteiger partial charge in [0.15, 0.2) is 0 Å². The summed E-state index contributed by atoms with van der Waals surface area (Å²) in [5, 5.41) is 2.65. The molecule has 0 N–H and O–H groups in total. The van der Waals surface area contributed by atoms with Gasteiger partial charge >= 0.3 is 0 Å². The number of rotatable bonds is 3. The highest BCUT2D eigenvalue weighted by atomic mass is 15.0. The summed E-state index contributed by atoms with van der Waals surface area (Å²) in [6.45, 7) is 30.2. The zero-order chi connectivity index (χ0) is 35.0. The number of hydrogen-bond acceptors (Lipinski definition) is 0. The summed E-state index contributed by atoms with van der Waals surface area (Å²) < 4.78 is 2.53. The van der Waals surface area contributed by atoms with Crippen LogP contribution in [0.2, 0.25) is 0 Å². The minimum Gasteiger partial charge on any atom is -0.309 e. The molecule has 1 heterocycles. The molecule has 1 heteroatoms. The van der Waals surface area contributed by atoms with Gasteiger partial charge in [0.25, 0.3) is 0 Å². The summed E-state index contributed by atoms with van der Waals surface area (Å²) in [7, 11) is 0. The van der Waals surface area contributed by atoms with Crippen molar-refractivity contribution in [2.75, 3.05) is 0 Å². The molecule has 0 saturated heterocycles. The molecule has 1 nitrogen and oxygen atoms in total. The molecule has 5 aromatic carbocycles. The van der Waals surface area contributed by atoms with Crippen LogP contribution in [0.25, 0.3) is 49.7 Å². The molecule has 6 rings (SSSR count). The molecule has 0 fully saturated rings. The lowest BCUT2D eigenvalue weighted by Crippen LogP contribution is -2.17. The molecule has 0 unspecified atom stereocenters. The van der Waals surface area contributed by atoms with Crippen LogP contribution in [-0.2, 0) is 21.7 Å². The van der Waals surface area contributed by atoms with Crippen LogP contribution in [0.4, 0.5) is 0 Å². The number of nitrogens with zero attached hydrogens (tertiary/aromatic N) is 1. The minimum atomic E-state index is 0.0237. The Morgan fingerprint density at radius 1 is 0.396 bits per heavy atom. The maximum absolute atomic E-state index is 2.53. The molecule has 0 amide bonds. The molecule has 0 spiro atoms. The van der Waals surface area contributed by atoms with E-state index >= 15 is 0 Å². The van der Waals surface area contributed by atoms with Gasteiger partial charge in [-0.25, -0.2) is 0 Å². The van der Waals surface area contributed by atoms with Gasteiger partial charge in [-0.3, -0.25) is 0 Å². The van der Waals surface area contributed by atoms with E-state index in [1.165, 1.54) is 77.6 Å². The largest absolute Gasteiger partial charge is 0.309 e. The lowest BCUT2D eigenvalue weighted by atomic mass is 9.78. The molecule has 6 aromatic rings. The highest BCUT2D eigenvalue weighted by molar-refractivity contribution is 6.18. The van der Waals surface area contributed by atoms with Crippen molar-refractivity contribution in [3.8, 4) is 27.9 Å². The Bertz CT molecular complexity index is 2080. The van der Waals surface area contributed by atoms with Crippen LogP contribution >= 0.6 is 0 Å². The Morgan fingerprint density at radius 2 is 0.875 bits per heavy atom. The fourth-order valence-electron chi connectivity index (χ4n) is 7.02. The molecule has 248 valence electrons. The van der Waals surface area contributed by atoms with Crippen molar-refractivity contribution in [2.45, 2.75) is 112 Å². The van der Waals surface area contributed by atoms with Crippen molar-refractivity contribution in [1.82, 2.24) is 4.57 Å². The van der Waals surface area contributed by atoms with Crippen molar-refractivity contribution >= 4 is 21.8 Å². The van der Waals surface area contributed by atoms with Crippen LogP contribution in [-0.4, -0.2) is 4.57 Å². The van der Waals surface area contributed by atoms with E-state index in [1.807, 2.05) is 0 Å². The van der Waals surface area contributed by atoms with E-state index in [0.717, 1.165) is 0 Å². The van der Waals surface area contributed by atoms with E-state index in [9.17, 15) is 0 Å². The third-order valence-electron chi connectivity index (χ3n) is 10.2. The average Bonchev–Trinajstić information content (AvgIpc) is 3.35. The SMILES string of the molecule is Cc1c(-c2cc(C(C)(C)C)cc(C(C)(C)C)c2)ccc2c1c1c(-c3ccccc3)cccc1n2-c1cc(C(C)(C)C)cc(C(C)(C)C)c1. The number of aryl methyl sites for hydroxylation is 1. The molecule has 0 bridgehead atoms. The Morgan fingerprint density at radius 3 is 1.38 bits per heavy atom. The molecule has 0 aliphatic carbocycles. The highest BCUT2D eigenvalue weighted by Crippen LogP contribution is 2.44. The first-order chi connectivity index (χ1) is 22.2. The first-order valence-corrected chi connectivity index (χ1v) is 17.7. The van der Waals surface area contributed by atoms with Crippen LogP contribution in [0.1, 0.15) is 111 Å². The Kier molecular flexibility index (Phi) is 8.10. The van der Waals surface area contributed by atoms with Crippen molar-refractivity contribution in [3.63, 3.8) is 0 Å². The van der Waals surface area contributed by atoms with E-state index < -0.39 is 0 Å². The molecule has 1 aromatic heterocycles. The summed E-state index contributed by atoms with van der Waals surface area (Å²) in [6.07, 6.45) is 0. The van der Waals surface area contributed by atoms with Gasteiger partial charge in [-0.15, -0.1) is 0 Å². The maximum atomic E-state index is 2.53. The fourth-order valence-corrected chi connectivity index (χ4v) is 7.02. The standard InChI is InChI=1S/C47H55N/c1-30-38(32-24-33(44(2,3)4)26-34(25-32)45(5,6)7)22-23-41-42(30)43-39(31-18-15-14-16-19-31)20-17-21-40(43)48(41)37-28-35(46(8,9)10)27-36(29-37)47(11,12)13/h14-29H,1-13H3. The van der Waals surface area contributed by atoms with E-state index in [4.69, 9.17) is 0 Å². The molecular formula is C47H55N. The predicted octanol–water partition coefficient (Wildman–Crippen LogP) is 13.6. The lowest BCUT2D eigenvalue weighted by Gasteiger charge is -2.27.